The van der Waals surface area contributed by atoms with Gasteiger partial charge in [0.1, 0.15) is 5.70 Å². The van der Waals surface area contributed by atoms with E-state index in [1.807, 2.05) is 13.8 Å². The Balaban J connectivity index is 2.99. The third-order valence-corrected chi connectivity index (χ3v) is 1.82. The number of nitrogens with one attached hydrogen (secondary N) is 2. The average Bonchev–Trinajstić information content (AvgIpc) is 2.40. The quantitative estimate of drug-likeness (QED) is 0.393. The summed E-state index contributed by atoms with van der Waals surface area (Å²) in [5, 5.41) is 4.52. The van der Waals surface area contributed by atoms with Crippen LogP contribution in [0.2, 0.25) is 0 Å². The topological polar surface area (TPSA) is 58.2 Å². The van der Waals surface area contributed by atoms with Gasteiger partial charge >= 0.3 is 6.03 Å². The second-order valence-electron chi connectivity index (χ2n) is 3.13. The summed E-state index contributed by atoms with van der Waals surface area (Å²) in [6.45, 7) is 7.43. The Kier molecular flexibility index (Phi) is 2.86. The Hall–Kier alpha value is -1.84. The van der Waals surface area contributed by atoms with Crippen molar-refractivity contribution in [2.45, 2.75) is 13.8 Å². The Morgan fingerprint density at radius 3 is 2.29 bits per heavy atom. The minimum atomic E-state index is -0.488. The van der Waals surface area contributed by atoms with Crippen molar-refractivity contribution in [2.24, 2.45) is 0 Å². The molecular weight excluding hydrogens is 180 g/mol. The Labute approximate surface area is 82.4 Å². The molecule has 0 atom stereocenters. The van der Waals surface area contributed by atoms with Gasteiger partial charge in [0.25, 0.3) is 5.91 Å². The Bertz CT molecular complexity index is 360. The molecule has 1 aliphatic heterocycles. The van der Waals surface area contributed by atoms with Crippen LogP contribution in [0.1, 0.15) is 13.8 Å². The number of hydrogen-bond acceptors (Lipinski definition) is 2. The molecule has 0 aliphatic carbocycles. The van der Waals surface area contributed by atoms with Crippen molar-refractivity contribution in [3.05, 3.63) is 35.6 Å². The first-order chi connectivity index (χ1) is 6.54. The van der Waals surface area contributed by atoms with Crippen LogP contribution >= 0.6 is 0 Å². The summed E-state index contributed by atoms with van der Waals surface area (Å²) in [6.07, 6.45) is 3.24. The molecule has 0 radical (unpaired) electrons. The van der Waals surface area contributed by atoms with E-state index in [0.29, 0.717) is 0 Å². The van der Waals surface area contributed by atoms with Crippen LogP contribution in [0.25, 0.3) is 0 Å². The summed E-state index contributed by atoms with van der Waals surface area (Å²) in [6, 6.07) is -0.488. The van der Waals surface area contributed by atoms with Crippen molar-refractivity contribution < 1.29 is 9.59 Å². The molecule has 74 valence electrons. The van der Waals surface area contributed by atoms with E-state index in [4.69, 9.17) is 0 Å². The van der Waals surface area contributed by atoms with Crippen LogP contribution in [0.5, 0.6) is 0 Å². The SMILES string of the molecule is C=CC(C=C1NC(=O)NC1=O)=C(C)C. The molecule has 1 rings (SSSR count). The fourth-order valence-electron chi connectivity index (χ4n) is 1.05. The van der Waals surface area contributed by atoms with Crippen LogP contribution in [0.4, 0.5) is 4.79 Å². The van der Waals surface area contributed by atoms with Crippen LogP contribution in [0.15, 0.2) is 35.6 Å². The number of imide groups is 1. The summed E-state index contributed by atoms with van der Waals surface area (Å²) in [4.78, 5) is 21.9. The highest BCUT2D eigenvalue weighted by atomic mass is 16.2. The van der Waals surface area contributed by atoms with Gasteiger partial charge in [0, 0.05) is 0 Å². The lowest BCUT2D eigenvalue weighted by atomic mass is 10.1. The van der Waals surface area contributed by atoms with E-state index in [2.05, 4.69) is 17.2 Å². The first-order valence-corrected chi connectivity index (χ1v) is 4.18. The minimum Gasteiger partial charge on any atom is -0.303 e. The molecule has 1 heterocycles. The highest BCUT2D eigenvalue weighted by Gasteiger charge is 2.22. The van der Waals surface area contributed by atoms with Crippen LogP contribution in [-0.4, -0.2) is 11.9 Å². The summed E-state index contributed by atoms with van der Waals surface area (Å²) < 4.78 is 0. The second-order valence-corrected chi connectivity index (χ2v) is 3.13. The molecule has 0 bridgehead atoms. The van der Waals surface area contributed by atoms with E-state index < -0.39 is 11.9 Å². The molecule has 3 amide bonds. The van der Waals surface area contributed by atoms with Crippen molar-refractivity contribution in [3.63, 3.8) is 0 Å². The van der Waals surface area contributed by atoms with E-state index in [0.717, 1.165) is 11.1 Å². The standard InChI is InChI=1S/C10H12N2O2/c1-4-7(6(2)3)5-8-9(13)12-10(14)11-8/h4-5H,1H2,2-3H3,(H2,11,12,13,14). The van der Waals surface area contributed by atoms with Gasteiger partial charge in [0.05, 0.1) is 0 Å². The molecule has 1 saturated heterocycles. The number of allylic oxidation sites excluding steroid dienone is 4. The molecule has 4 heteroatoms. The van der Waals surface area contributed by atoms with Crippen LogP contribution in [0, 0.1) is 0 Å². The highest BCUT2D eigenvalue weighted by Crippen LogP contribution is 2.09. The van der Waals surface area contributed by atoms with E-state index >= 15 is 0 Å². The lowest BCUT2D eigenvalue weighted by Crippen LogP contribution is -2.22. The molecule has 0 aromatic heterocycles. The predicted octanol–water partition coefficient (Wildman–Crippen LogP) is 1.23. The molecule has 0 unspecified atom stereocenters. The van der Waals surface area contributed by atoms with Crippen molar-refractivity contribution in [2.75, 3.05) is 0 Å². The molecule has 1 fully saturated rings. The van der Waals surface area contributed by atoms with Gasteiger partial charge in [-0.1, -0.05) is 18.2 Å². The maximum Gasteiger partial charge on any atom is 0.326 e. The number of amides is 3. The second kappa shape index (κ2) is 3.91. The maximum absolute atomic E-state index is 11.1. The molecule has 2 N–H and O–H groups in total. The third kappa shape index (κ3) is 2.10. The molecule has 1 aliphatic rings. The Morgan fingerprint density at radius 2 is 1.93 bits per heavy atom. The van der Waals surface area contributed by atoms with Crippen molar-refractivity contribution in [3.8, 4) is 0 Å². The van der Waals surface area contributed by atoms with Gasteiger partial charge in [-0.3, -0.25) is 10.1 Å². The summed E-state index contributed by atoms with van der Waals surface area (Å²) in [5.74, 6) is -0.407. The zero-order valence-corrected chi connectivity index (χ0v) is 8.18. The summed E-state index contributed by atoms with van der Waals surface area (Å²) in [7, 11) is 0. The van der Waals surface area contributed by atoms with E-state index in [9.17, 15) is 9.59 Å². The highest BCUT2D eigenvalue weighted by molar-refractivity contribution is 6.11. The van der Waals surface area contributed by atoms with Gasteiger partial charge in [-0.2, -0.15) is 0 Å². The van der Waals surface area contributed by atoms with Crippen molar-refractivity contribution >= 4 is 11.9 Å². The van der Waals surface area contributed by atoms with E-state index in [1.54, 1.807) is 12.2 Å². The zero-order chi connectivity index (χ0) is 10.7. The summed E-state index contributed by atoms with van der Waals surface area (Å²) >= 11 is 0. The van der Waals surface area contributed by atoms with Gasteiger partial charge in [-0.25, -0.2) is 4.79 Å². The van der Waals surface area contributed by atoms with Gasteiger partial charge in [-0.05, 0) is 25.5 Å². The molecule has 0 aromatic rings. The molecule has 0 aromatic carbocycles. The molecule has 4 nitrogen and oxygen atoms in total. The van der Waals surface area contributed by atoms with Gasteiger partial charge < -0.3 is 5.32 Å². The predicted molar refractivity (Wildman–Crippen MR) is 53.3 cm³/mol. The van der Waals surface area contributed by atoms with E-state index in [1.165, 1.54) is 0 Å². The largest absolute Gasteiger partial charge is 0.326 e. The Morgan fingerprint density at radius 1 is 1.29 bits per heavy atom. The number of carbonyl (C=O) groups excluding carboxylic acids is 2. The first kappa shape index (κ1) is 10.2. The van der Waals surface area contributed by atoms with Crippen LogP contribution < -0.4 is 10.6 Å². The molecular formula is C10H12N2O2. The van der Waals surface area contributed by atoms with Gasteiger partial charge in [0.15, 0.2) is 0 Å². The summed E-state index contributed by atoms with van der Waals surface area (Å²) in [5.41, 5.74) is 2.12. The first-order valence-electron chi connectivity index (χ1n) is 4.18. The monoisotopic (exact) mass is 192 g/mol. The normalized spacial score (nSPS) is 17.7. The number of carbonyl (C=O) groups is 2. The fraction of sp³-hybridized carbons (Fsp3) is 0.200. The average molecular weight is 192 g/mol. The smallest absolute Gasteiger partial charge is 0.303 e. The fourth-order valence-corrected chi connectivity index (χ4v) is 1.05. The lowest BCUT2D eigenvalue weighted by molar-refractivity contribution is -0.115. The maximum atomic E-state index is 11.1. The van der Waals surface area contributed by atoms with Gasteiger partial charge in [-0.15, -0.1) is 0 Å². The number of hydrogen-bond donors (Lipinski definition) is 2. The lowest BCUT2D eigenvalue weighted by Gasteiger charge is -1.98. The van der Waals surface area contributed by atoms with Gasteiger partial charge in [0.2, 0.25) is 0 Å². The van der Waals surface area contributed by atoms with Crippen molar-refractivity contribution in [1.29, 1.82) is 0 Å². The molecule has 0 saturated carbocycles. The molecule has 14 heavy (non-hydrogen) atoms. The van der Waals surface area contributed by atoms with Crippen molar-refractivity contribution in [1.82, 2.24) is 10.6 Å². The number of rotatable bonds is 2. The number of urea groups is 1. The third-order valence-electron chi connectivity index (χ3n) is 1.82. The van der Waals surface area contributed by atoms with Crippen LogP contribution in [-0.2, 0) is 4.79 Å². The zero-order valence-electron chi connectivity index (χ0n) is 8.18. The minimum absolute atomic E-state index is 0.256. The van der Waals surface area contributed by atoms with E-state index in [-0.39, 0.29) is 5.70 Å². The van der Waals surface area contributed by atoms with Crippen LogP contribution in [0.3, 0.4) is 0 Å². The molecule has 0 spiro atoms.